The number of fused-ring (bicyclic) bond motifs is 1. The lowest BCUT2D eigenvalue weighted by molar-refractivity contribution is -0.113. The number of hydrogen-bond donors (Lipinski definition) is 2. The van der Waals surface area contributed by atoms with Gasteiger partial charge in [-0.25, -0.2) is 13.4 Å². The number of aromatic nitrogens is 1. The van der Waals surface area contributed by atoms with E-state index in [9.17, 15) is 18.3 Å². The quantitative estimate of drug-likeness (QED) is 0.577. The molecule has 4 rings (SSSR count). The van der Waals surface area contributed by atoms with Crippen LogP contribution in [-0.2, 0) is 14.8 Å². The maximum atomic E-state index is 13.1. The van der Waals surface area contributed by atoms with Gasteiger partial charge in [-0.15, -0.1) is 0 Å². The Balaban J connectivity index is 1.53. The summed E-state index contributed by atoms with van der Waals surface area (Å²) < 4.78 is 32.9. The van der Waals surface area contributed by atoms with Crippen molar-refractivity contribution in [2.75, 3.05) is 58.7 Å². The predicted octanol–water partition coefficient (Wildman–Crippen LogP) is 2.33. The Kier molecular flexibility index (Phi) is 7.53. The van der Waals surface area contributed by atoms with Crippen LogP contribution in [0.5, 0.6) is 5.75 Å². The minimum atomic E-state index is -4.05. The number of benzene rings is 1. The molecule has 0 aliphatic carbocycles. The molecule has 0 unspecified atom stereocenters. The molecule has 0 bridgehead atoms. The minimum Gasteiger partial charge on any atom is -0.505 e. The number of rotatable bonds is 7. The number of likely N-dealkylation sites (N-methyl/N-ethyl adjacent to an activating group) is 2. The fraction of sp³-hybridized carbons (Fsp3) is 0.440. The summed E-state index contributed by atoms with van der Waals surface area (Å²) in [5.74, 6) is -0.279. The number of sulfonamides is 1. The molecule has 0 radical (unpaired) electrons. The van der Waals surface area contributed by atoms with Crippen molar-refractivity contribution < 1.29 is 23.1 Å². The number of ether oxygens (including phenoxy) is 1. The molecule has 194 valence electrons. The van der Waals surface area contributed by atoms with Crippen LogP contribution in [-0.4, -0.2) is 91.9 Å². The molecule has 2 aliphatic heterocycles. The Hall–Kier alpha value is -3.15. The molecule has 0 spiro atoms. The first-order valence-electron chi connectivity index (χ1n) is 12.0. The molecule has 1 aromatic carbocycles. The standard InChI is InChI=1S/C25H33N5O5S/c1-17(2)18-5-8-22(26-16-18)27-25(32)23-24(31)20-15-19(6-7-21(20)36(33,34)29(23)4)35-14-13-30-11-9-28(3)10-12-30/h5-8,15-17,31H,9-14H2,1-4H3,(H,26,27,32). The van der Waals surface area contributed by atoms with Gasteiger partial charge in [0.1, 0.15) is 18.2 Å². The summed E-state index contributed by atoms with van der Waals surface area (Å²) in [5, 5.41) is 13.6. The van der Waals surface area contributed by atoms with Crippen molar-refractivity contribution in [3.8, 4) is 5.75 Å². The largest absolute Gasteiger partial charge is 0.505 e. The number of carbonyl (C=O) groups is 1. The first-order valence-corrected chi connectivity index (χ1v) is 13.4. The summed E-state index contributed by atoms with van der Waals surface area (Å²) >= 11 is 0. The van der Waals surface area contributed by atoms with E-state index in [-0.39, 0.29) is 27.9 Å². The molecule has 2 aliphatic rings. The van der Waals surface area contributed by atoms with E-state index in [1.165, 1.54) is 19.2 Å². The van der Waals surface area contributed by atoms with Crippen LogP contribution in [0, 0.1) is 0 Å². The van der Waals surface area contributed by atoms with Gasteiger partial charge in [0.2, 0.25) is 0 Å². The normalized spacial score (nSPS) is 18.3. The second-order valence-electron chi connectivity index (χ2n) is 9.41. The molecule has 0 saturated carbocycles. The zero-order valence-electron chi connectivity index (χ0n) is 21.1. The Morgan fingerprint density at radius 3 is 2.50 bits per heavy atom. The van der Waals surface area contributed by atoms with Gasteiger partial charge in [-0.1, -0.05) is 19.9 Å². The number of nitrogens with zero attached hydrogens (tertiary/aromatic N) is 4. The number of aliphatic hydroxyl groups is 1. The lowest BCUT2D eigenvalue weighted by Gasteiger charge is -2.32. The monoisotopic (exact) mass is 515 g/mol. The first kappa shape index (κ1) is 25.9. The summed E-state index contributed by atoms with van der Waals surface area (Å²) in [5.41, 5.74) is 0.645. The van der Waals surface area contributed by atoms with Crippen LogP contribution in [0.4, 0.5) is 5.82 Å². The zero-order valence-corrected chi connectivity index (χ0v) is 21.9. The van der Waals surface area contributed by atoms with Gasteiger partial charge in [0, 0.05) is 51.5 Å². The average Bonchev–Trinajstić information content (AvgIpc) is 2.84. The van der Waals surface area contributed by atoms with E-state index in [1.54, 1.807) is 18.3 Å². The molecule has 36 heavy (non-hydrogen) atoms. The highest BCUT2D eigenvalue weighted by atomic mass is 32.2. The van der Waals surface area contributed by atoms with Crippen LogP contribution >= 0.6 is 0 Å². The van der Waals surface area contributed by atoms with E-state index < -0.39 is 21.7 Å². The highest BCUT2D eigenvalue weighted by molar-refractivity contribution is 7.89. The molecule has 10 nitrogen and oxygen atoms in total. The summed E-state index contributed by atoms with van der Waals surface area (Å²) in [6.07, 6.45) is 1.65. The lowest BCUT2D eigenvalue weighted by Crippen LogP contribution is -2.45. The van der Waals surface area contributed by atoms with Crippen LogP contribution in [0.25, 0.3) is 5.76 Å². The summed E-state index contributed by atoms with van der Waals surface area (Å²) in [6, 6.07) is 7.89. The molecular formula is C25H33N5O5S. The Bertz CT molecular complexity index is 1250. The third-order valence-corrected chi connectivity index (χ3v) is 8.38. The summed E-state index contributed by atoms with van der Waals surface area (Å²) in [4.78, 5) is 21.8. The van der Waals surface area contributed by atoms with Crippen LogP contribution in [0.1, 0.15) is 30.9 Å². The van der Waals surface area contributed by atoms with E-state index in [2.05, 4.69) is 27.1 Å². The second-order valence-corrected chi connectivity index (χ2v) is 11.3. The van der Waals surface area contributed by atoms with E-state index in [0.29, 0.717) is 12.4 Å². The molecule has 11 heteroatoms. The summed E-state index contributed by atoms with van der Waals surface area (Å²) in [6.45, 7) is 9.16. The first-order chi connectivity index (χ1) is 17.1. The highest BCUT2D eigenvalue weighted by Crippen LogP contribution is 2.37. The SMILES string of the molecule is CC(C)c1ccc(NC(=O)C2=C(O)c3cc(OCCN4CCN(C)CC4)ccc3S(=O)(=O)N2C)nc1. The molecule has 1 saturated heterocycles. The van der Waals surface area contributed by atoms with Crippen molar-refractivity contribution in [2.24, 2.45) is 0 Å². The van der Waals surface area contributed by atoms with Crippen molar-refractivity contribution in [1.82, 2.24) is 19.1 Å². The number of hydrogen-bond acceptors (Lipinski definition) is 8. The van der Waals surface area contributed by atoms with Crippen molar-refractivity contribution in [2.45, 2.75) is 24.7 Å². The van der Waals surface area contributed by atoms with E-state index in [0.717, 1.165) is 42.6 Å². The molecule has 2 N–H and O–H groups in total. The van der Waals surface area contributed by atoms with Gasteiger partial charge in [0.05, 0.1) is 4.90 Å². The number of amides is 1. The maximum Gasteiger partial charge on any atom is 0.277 e. The topological polar surface area (TPSA) is 115 Å². The Labute approximate surface area is 212 Å². The van der Waals surface area contributed by atoms with Crippen LogP contribution < -0.4 is 10.1 Å². The second kappa shape index (κ2) is 10.5. The smallest absolute Gasteiger partial charge is 0.277 e. The molecule has 1 aromatic heterocycles. The zero-order chi connectivity index (χ0) is 26.0. The van der Waals surface area contributed by atoms with Gasteiger partial charge in [-0.05, 0) is 42.8 Å². The van der Waals surface area contributed by atoms with Crippen molar-refractivity contribution >= 4 is 27.5 Å². The van der Waals surface area contributed by atoms with E-state index in [4.69, 9.17) is 4.74 Å². The van der Waals surface area contributed by atoms with Crippen molar-refractivity contribution in [1.29, 1.82) is 0 Å². The van der Waals surface area contributed by atoms with Gasteiger partial charge < -0.3 is 20.1 Å². The average molecular weight is 516 g/mol. The van der Waals surface area contributed by atoms with E-state index in [1.807, 2.05) is 19.9 Å². The van der Waals surface area contributed by atoms with Crippen LogP contribution in [0.3, 0.4) is 0 Å². The summed E-state index contributed by atoms with van der Waals surface area (Å²) in [7, 11) is -0.720. The van der Waals surface area contributed by atoms with Crippen LogP contribution in [0.15, 0.2) is 47.1 Å². The molecule has 1 fully saturated rings. The third-order valence-electron chi connectivity index (χ3n) is 6.57. The Morgan fingerprint density at radius 2 is 1.86 bits per heavy atom. The predicted molar refractivity (Wildman–Crippen MR) is 137 cm³/mol. The van der Waals surface area contributed by atoms with Crippen molar-refractivity contribution in [3.05, 3.63) is 53.4 Å². The molecule has 3 heterocycles. The number of anilines is 1. The lowest BCUT2D eigenvalue weighted by atomic mass is 10.1. The molecule has 2 aromatic rings. The number of pyridine rings is 1. The van der Waals surface area contributed by atoms with Crippen LogP contribution in [0.2, 0.25) is 0 Å². The van der Waals surface area contributed by atoms with Gasteiger partial charge in [-0.3, -0.25) is 14.0 Å². The minimum absolute atomic E-state index is 0.0264. The number of carbonyl (C=O) groups excluding carboxylic acids is 1. The number of piperazine rings is 1. The Morgan fingerprint density at radius 1 is 1.14 bits per heavy atom. The number of nitrogens with one attached hydrogen (secondary N) is 1. The fourth-order valence-corrected chi connectivity index (χ4v) is 5.54. The van der Waals surface area contributed by atoms with Gasteiger partial charge >= 0.3 is 0 Å². The molecule has 1 amide bonds. The fourth-order valence-electron chi connectivity index (χ4n) is 4.16. The van der Waals surface area contributed by atoms with Crippen molar-refractivity contribution in [3.63, 3.8) is 0 Å². The highest BCUT2D eigenvalue weighted by Gasteiger charge is 2.38. The van der Waals surface area contributed by atoms with E-state index >= 15 is 0 Å². The van der Waals surface area contributed by atoms with Gasteiger partial charge in [0.25, 0.3) is 15.9 Å². The van der Waals surface area contributed by atoms with Gasteiger partial charge in [-0.2, -0.15) is 0 Å². The molecule has 0 atom stereocenters. The maximum absolute atomic E-state index is 13.1. The number of aliphatic hydroxyl groups excluding tert-OH is 1. The molecular weight excluding hydrogens is 482 g/mol. The van der Waals surface area contributed by atoms with Gasteiger partial charge in [0.15, 0.2) is 11.5 Å². The third kappa shape index (κ3) is 5.32.